The van der Waals surface area contributed by atoms with E-state index in [0.717, 1.165) is 30.5 Å². The Balaban J connectivity index is 1.56. The van der Waals surface area contributed by atoms with Crippen molar-refractivity contribution in [3.8, 4) is 0 Å². The van der Waals surface area contributed by atoms with Gasteiger partial charge in [0.05, 0.1) is 17.0 Å². The number of nitrogens with two attached hydrogens (primary N) is 1. The Morgan fingerprint density at radius 1 is 1.19 bits per heavy atom. The molecule has 3 N–H and O–H groups in total. The molecule has 2 aromatic rings. The molecule has 3 rings (SSSR count). The fraction of sp³-hybridized carbons (Fsp3) is 0.409. The van der Waals surface area contributed by atoms with E-state index in [-0.39, 0.29) is 29.4 Å². The first-order valence-electron chi connectivity index (χ1n) is 10.3. The van der Waals surface area contributed by atoms with E-state index in [0.29, 0.717) is 18.5 Å². The molecule has 0 aromatic heterocycles. The van der Waals surface area contributed by atoms with Crippen molar-refractivity contribution in [1.29, 1.82) is 0 Å². The van der Waals surface area contributed by atoms with Gasteiger partial charge in [0.15, 0.2) is 0 Å². The van der Waals surface area contributed by atoms with Crippen LogP contribution in [0.5, 0.6) is 0 Å². The van der Waals surface area contributed by atoms with Gasteiger partial charge >= 0.3 is 6.18 Å². The molecule has 32 heavy (non-hydrogen) atoms. The van der Waals surface area contributed by atoms with Gasteiger partial charge in [-0.05, 0) is 61.6 Å². The van der Waals surface area contributed by atoms with E-state index < -0.39 is 21.8 Å². The summed E-state index contributed by atoms with van der Waals surface area (Å²) in [5.74, 6) is -0.211. The van der Waals surface area contributed by atoms with Crippen LogP contribution in [0.4, 0.5) is 13.2 Å². The Bertz CT molecular complexity index is 1050. The molecular weight excluding hydrogens is 443 g/mol. The normalized spacial score (nSPS) is 15.6. The molecule has 1 aliphatic rings. The van der Waals surface area contributed by atoms with Crippen molar-refractivity contribution in [3.05, 3.63) is 65.2 Å². The number of nitrogens with one attached hydrogen (secondary N) is 1. The van der Waals surface area contributed by atoms with E-state index in [1.54, 1.807) is 18.2 Å². The number of nitrogens with zero attached hydrogens (tertiary/aromatic N) is 1. The molecule has 1 saturated carbocycles. The van der Waals surface area contributed by atoms with Crippen LogP contribution in [0.1, 0.15) is 42.5 Å². The molecule has 0 heterocycles. The number of alkyl halides is 3. The molecule has 1 atom stereocenters. The summed E-state index contributed by atoms with van der Waals surface area (Å²) in [5, 5.41) is 7.90. The Morgan fingerprint density at radius 2 is 1.84 bits per heavy atom. The van der Waals surface area contributed by atoms with Crippen molar-refractivity contribution in [3.63, 3.8) is 0 Å². The van der Waals surface area contributed by atoms with Crippen molar-refractivity contribution in [2.24, 2.45) is 5.14 Å². The molecule has 1 fully saturated rings. The van der Waals surface area contributed by atoms with E-state index in [4.69, 9.17) is 5.14 Å². The summed E-state index contributed by atoms with van der Waals surface area (Å²) in [4.78, 5) is 14.5. The first-order valence-corrected chi connectivity index (χ1v) is 11.8. The summed E-state index contributed by atoms with van der Waals surface area (Å²) in [6.07, 6.45) is -2.09. The highest BCUT2D eigenvalue weighted by Gasteiger charge is 2.35. The molecule has 174 valence electrons. The van der Waals surface area contributed by atoms with Gasteiger partial charge in [-0.3, -0.25) is 9.69 Å². The molecule has 1 aliphatic carbocycles. The molecule has 0 aliphatic heterocycles. The SMILES string of the molecule is CC(c1cccc(C(F)(F)F)c1)N(CC(=O)NCCc1ccc(S(N)(=O)=O)cc1)C1CC1. The summed E-state index contributed by atoms with van der Waals surface area (Å²) in [7, 11) is -3.75. The number of amides is 1. The van der Waals surface area contributed by atoms with Crippen LogP contribution in [-0.2, 0) is 27.4 Å². The second kappa shape index (κ2) is 9.60. The zero-order chi connectivity index (χ0) is 23.5. The minimum absolute atomic E-state index is 0.0222. The highest BCUT2D eigenvalue weighted by Crippen LogP contribution is 2.36. The molecule has 1 amide bonds. The van der Waals surface area contributed by atoms with Crippen LogP contribution in [0.25, 0.3) is 0 Å². The van der Waals surface area contributed by atoms with Gasteiger partial charge in [0.25, 0.3) is 0 Å². The lowest BCUT2D eigenvalue weighted by Gasteiger charge is -2.29. The summed E-state index contributed by atoms with van der Waals surface area (Å²) >= 11 is 0. The number of hydrogen-bond acceptors (Lipinski definition) is 4. The van der Waals surface area contributed by atoms with Gasteiger partial charge in [-0.15, -0.1) is 0 Å². The second-order valence-electron chi connectivity index (χ2n) is 7.99. The van der Waals surface area contributed by atoms with Gasteiger partial charge in [-0.2, -0.15) is 13.2 Å². The van der Waals surface area contributed by atoms with Crippen LogP contribution < -0.4 is 10.5 Å². The van der Waals surface area contributed by atoms with Crippen molar-refractivity contribution in [2.75, 3.05) is 13.1 Å². The van der Waals surface area contributed by atoms with Crippen LogP contribution in [-0.4, -0.2) is 38.4 Å². The monoisotopic (exact) mass is 469 g/mol. The number of carbonyl (C=O) groups excluding carboxylic acids is 1. The van der Waals surface area contributed by atoms with Crippen molar-refractivity contribution in [1.82, 2.24) is 10.2 Å². The molecule has 6 nitrogen and oxygen atoms in total. The minimum Gasteiger partial charge on any atom is -0.355 e. The van der Waals surface area contributed by atoms with Crippen LogP contribution in [0.2, 0.25) is 0 Å². The Morgan fingerprint density at radius 3 is 2.41 bits per heavy atom. The zero-order valence-electron chi connectivity index (χ0n) is 17.6. The summed E-state index contributed by atoms with van der Waals surface area (Å²) < 4.78 is 61.8. The summed E-state index contributed by atoms with van der Waals surface area (Å²) in [6, 6.07) is 11.2. The lowest BCUT2D eigenvalue weighted by atomic mass is 10.0. The Labute approximate surface area is 185 Å². The molecule has 2 aromatic carbocycles. The predicted molar refractivity (Wildman–Crippen MR) is 114 cm³/mol. The van der Waals surface area contributed by atoms with Gasteiger partial charge in [-0.25, -0.2) is 13.6 Å². The maximum atomic E-state index is 13.1. The van der Waals surface area contributed by atoms with Gasteiger partial charge in [0, 0.05) is 18.6 Å². The smallest absolute Gasteiger partial charge is 0.355 e. The number of halogens is 3. The number of carbonyl (C=O) groups is 1. The third-order valence-electron chi connectivity index (χ3n) is 5.52. The third kappa shape index (κ3) is 6.54. The quantitative estimate of drug-likeness (QED) is 0.590. The van der Waals surface area contributed by atoms with Crippen LogP contribution in [0, 0.1) is 0 Å². The van der Waals surface area contributed by atoms with E-state index in [1.807, 2.05) is 11.8 Å². The van der Waals surface area contributed by atoms with Gasteiger partial charge in [0.2, 0.25) is 15.9 Å². The van der Waals surface area contributed by atoms with Crippen LogP contribution in [0.15, 0.2) is 53.4 Å². The van der Waals surface area contributed by atoms with E-state index in [2.05, 4.69) is 5.32 Å². The van der Waals surface area contributed by atoms with Gasteiger partial charge in [0.1, 0.15) is 0 Å². The first-order chi connectivity index (χ1) is 14.9. The number of primary sulfonamides is 1. The topological polar surface area (TPSA) is 92.5 Å². The first kappa shape index (κ1) is 24.2. The molecule has 0 radical (unpaired) electrons. The minimum atomic E-state index is -4.41. The average molecular weight is 470 g/mol. The van der Waals surface area contributed by atoms with E-state index in [9.17, 15) is 26.4 Å². The van der Waals surface area contributed by atoms with Crippen molar-refractivity contribution in [2.45, 2.75) is 49.3 Å². The lowest BCUT2D eigenvalue weighted by Crippen LogP contribution is -2.40. The molecule has 0 saturated heterocycles. The highest BCUT2D eigenvalue weighted by atomic mass is 32.2. The zero-order valence-corrected chi connectivity index (χ0v) is 18.4. The van der Waals surface area contributed by atoms with Crippen LogP contribution in [0.3, 0.4) is 0 Å². The van der Waals surface area contributed by atoms with E-state index >= 15 is 0 Å². The standard InChI is InChI=1S/C22H26F3N3O3S/c1-15(17-3-2-4-18(13-17)22(23,24)25)28(19-7-8-19)14-21(29)27-12-11-16-5-9-20(10-6-16)32(26,30)31/h2-6,9-10,13,15,19H,7-8,11-12,14H2,1H3,(H,27,29)(H2,26,30,31). The largest absolute Gasteiger partial charge is 0.416 e. The second-order valence-corrected chi connectivity index (χ2v) is 9.55. The molecule has 0 bridgehead atoms. The van der Waals surface area contributed by atoms with Crippen molar-refractivity contribution < 1.29 is 26.4 Å². The lowest BCUT2D eigenvalue weighted by molar-refractivity contribution is -0.137. The molecule has 0 spiro atoms. The average Bonchev–Trinajstić information content (AvgIpc) is 3.56. The van der Waals surface area contributed by atoms with E-state index in [1.165, 1.54) is 18.2 Å². The fourth-order valence-corrected chi connectivity index (χ4v) is 4.08. The summed E-state index contributed by atoms with van der Waals surface area (Å²) in [5.41, 5.74) is 0.666. The highest BCUT2D eigenvalue weighted by molar-refractivity contribution is 7.89. The number of benzene rings is 2. The maximum absolute atomic E-state index is 13.1. The molecule has 10 heteroatoms. The number of sulfonamides is 1. The number of rotatable bonds is 9. The van der Waals surface area contributed by atoms with Crippen LogP contribution >= 0.6 is 0 Å². The van der Waals surface area contributed by atoms with Gasteiger partial charge < -0.3 is 5.32 Å². The summed E-state index contributed by atoms with van der Waals surface area (Å²) in [6.45, 7) is 2.25. The fourth-order valence-electron chi connectivity index (χ4n) is 3.57. The molecular formula is C22H26F3N3O3S. The maximum Gasteiger partial charge on any atom is 0.416 e. The Kier molecular flexibility index (Phi) is 7.26. The molecule has 1 unspecified atom stereocenters. The van der Waals surface area contributed by atoms with Crippen molar-refractivity contribution >= 4 is 15.9 Å². The Hall–Kier alpha value is -2.43. The third-order valence-corrected chi connectivity index (χ3v) is 6.45. The number of hydrogen-bond donors (Lipinski definition) is 2. The van der Waals surface area contributed by atoms with Gasteiger partial charge in [-0.1, -0.05) is 24.3 Å². The predicted octanol–water partition coefficient (Wildman–Crippen LogP) is 3.24.